The molecule has 26 heavy (non-hydrogen) atoms. The lowest BCUT2D eigenvalue weighted by molar-refractivity contribution is 0.0689. The number of carboxylic acid groups (broad SMARTS) is 1. The molecule has 1 saturated heterocycles. The number of carboxylic acids is 1. The Kier molecular flexibility index (Phi) is 5.35. The van der Waals surface area contributed by atoms with Gasteiger partial charge in [-0.3, -0.25) is 4.79 Å². The standard InChI is InChI=1S/C21H22FNO3/c1-14-6-7-17(22)13-19(14)20(24)23-10-8-15(9-11-23)12-16-4-2-3-5-18(16)21(25)26/h2-7,13,15H,8-12H2,1H3,(H,25,26). The van der Waals surface area contributed by atoms with E-state index < -0.39 is 11.8 Å². The Morgan fingerprint density at radius 2 is 1.81 bits per heavy atom. The fourth-order valence-corrected chi connectivity index (χ4v) is 3.55. The van der Waals surface area contributed by atoms with Gasteiger partial charge in [0.15, 0.2) is 0 Å². The summed E-state index contributed by atoms with van der Waals surface area (Å²) >= 11 is 0. The Hall–Kier alpha value is -2.69. The number of carbonyl (C=O) groups excluding carboxylic acids is 1. The summed E-state index contributed by atoms with van der Waals surface area (Å²) in [6, 6.07) is 11.4. The number of likely N-dealkylation sites (tertiary alicyclic amines) is 1. The van der Waals surface area contributed by atoms with Gasteiger partial charge in [-0.1, -0.05) is 24.3 Å². The normalized spacial score (nSPS) is 15.1. The molecule has 0 spiro atoms. The Balaban J connectivity index is 1.64. The number of hydrogen-bond acceptors (Lipinski definition) is 2. The quantitative estimate of drug-likeness (QED) is 0.904. The van der Waals surface area contributed by atoms with E-state index in [-0.39, 0.29) is 5.91 Å². The van der Waals surface area contributed by atoms with Crippen LogP contribution in [0.3, 0.4) is 0 Å². The molecule has 0 unspecified atom stereocenters. The molecule has 0 aliphatic carbocycles. The SMILES string of the molecule is Cc1ccc(F)cc1C(=O)N1CCC(Cc2ccccc2C(=O)O)CC1. The second-order valence-electron chi connectivity index (χ2n) is 6.86. The molecule has 0 aromatic heterocycles. The van der Waals surface area contributed by atoms with E-state index in [1.807, 2.05) is 19.1 Å². The van der Waals surface area contributed by atoms with Crippen molar-refractivity contribution in [3.63, 3.8) is 0 Å². The molecule has 2 aromatic carbocycles. The lowest BCUT2D eigenvalue weighted by Crippen LogP contribution is -2.39. The van der Waals surface area contributed by atoms with E-state index in [1.165, 1.54) is 12.1 Å². The summed E-state index contributed by atoms with van der Waals surface area (Å²) in [4.78, 5) is 25.8. The Bertz CT molecular complexity index is 826. The number of hydrogen-bond donors (Lipinski definition) is 1. The van der Waals surface area contributed by atoms with Crippen LogP contribution in [0.4, 0.5) is 4.39 Å². The van der Waals surface area contributed by atoms with Gasteiger partial charge in [-0.25, -0.2) is 9.18 Å². The molecule has 1 N–H and O–H groups in total. The van der Waals surface area contributed by atoms with Crippen LogP contribution in [0.15, 0.2) is 42.5 Å². The van der Waals surface area contributed by atoms with Gasteiger partial charge in [0, 0.05) is 18.7 Å². The Morgan fingerprint density at radius 3 is 2.50 bits per heavy atom. The molecule has 0 radical (unpaired) electrons. The summed E-state index contributed by atoms with van der Waals surface area (Å²) in [5.41, 5.74) is 2.38. The van der Waals surface area contributed by atoms with Gasteiger partial charge in [0.1, 0.15) is 5.82 Å². The minimum absolute atomic E-state index is 0.133. The zero-order valence-electron chi connectivity index (χ0n) is 14.7. The summed E-state index contributed by atoms with van der Waals surface area (Å²) < 4.78 is 13.5. The largest absolute Gasteiger partial charge is 0.478 e. The van der Waals surface area contributed by atoms with Gasteiger partial charge in [0.25, 0.3) is 5.91 Å². The highest BCUT2D eigenvalue weighted by Gasteiger charge is 2.25. The van der Waals surface area contributed by atoms with Crippen molar-refractivity contribution in [2.45, 2.75) is 26.2 Å². The van der Waals surface area contributed by atoms with Gasteiger partial charge < -0.3 is 10.0 Å². The second kappa shape index (κ2) is 7.68. The summed E-state index contributed by atoms with van der Waals surface area (Å²) in [5, 5.41) is 9.30. The summed E-state index contributed by atoms with van der Waals surface area (Å²) in [6.45, 7) is 3.02. The van der Waals surface area contributed by atoms with E-state index >= 15 is 0 Å². The highest BCUT2D eigenvalue weighted by Crippen LogP contribution is 2.25. The van der Waals surface area contributed by atoms with Gasteiger partial charge in [0.05, 0.1) is 5.56 Å². The lowest BCUT2D eigenvalue weighted by Gasteiger charge is -2.32. The molecule has 2 aromatic rings. The first-order valence-electron chi connectivity index (χ1n) is 8.82. The van der Waals surface area contributed by atoms with Gasteiger partial charge in [-0.2, -0.15) is 0 Å². The molecule has 1 amide bonds. The van der Waals surface area contributed by atoms with Crippen LogP contribution in [0.25, 0.3) is 0 Å². The fraction of sp³-hybridized carbons (Fsp3) is 0.333. The third kappa shape index (κ3) is 3.93. The maximum Gasteiger partial charge on any atom is 0.335 e. The van der Waals surface area contributed by atoms with E-state index in [1.54, 1.807) is 23.1 Å². The van der Waals surface area contributed by atoms with Crippen LogP contribution in [0.2, 0.25) is 0 Å². The molecule has 1 aliphatic heterocycles. The average molecular weight is 355 g/mol. The van der Waals surface area contributed by atoms with E-state index in [0.29, 0.717) is 36.6 Å². The number of halogens is 1. The first kappa shape index (κ1) is 18.1. The number of aryl methyl sites for hydroxylation is 1. The number of benzene rings is 2. The lowest BCUT2D eigenvalue weighted by atomic mass is 9.88. The van der Waals surface area contributed by atoms with Crippen molar-refractivity contribution >= 4 is 11.9 Å². The topological polar surface area (TPSA) is 57.6 Å². The zero-order chi connectivity index (χ0) is 18.7. The maximum atomic E-state index is 13.5. The molecule has 1 fully saturated rings. The molecule has 0 bridgehead atoms. The third-order valence-corrected chi connectivity index (χ3v) is 5.09. The van der Waals surface area contributed by atoms with E-state index in [2.05, 4.69) is 0 Å². The van der Waals surface area contributed by atoms with Crippen molar-refractivity contribution in [2.24, 2.45) is 5.92 Å². The number of piperidine rings is 1. The van der Waals surface area contributed by atoms with Crippen LogP contribution in [0.1, 0.15) is 44.7 Å². The van der Waals surface area contributed by atoms with Gasteiger partial charge >= 0.3 is 5.97 Å². The van der Waals surface area contributed by atoms with Gasteiger partial charge in [0.2, 0.25) is 0 Å². The molecule has 1 aliphatic rings. The summed E-state index contributed by atoms with van der Waals surface area (Å²) in [5.74, 6) is -1.10. The van der Waals surface area contributed by atoms with Gasteiger partial charge in [-0.05, 0) is 61.4 Å². The molecule has 4 nitrogen and oxygen atoms in total. The van der Waals surface area contributed by atoms with Crippen LogP contribution < -0.4 is 0 Å². The second-order valence-corrected chi connectivity index (χ2v) is 6.86. The van der Waals surface area contributed by atoms with E-state index in [9.17, 15) is 19.1 Å². The molecular formula is C21H22FNO3. The first-order valence-corrected chi connectivity index (χ1v) is 8.82. The van der Waals surface area contributed by atoms with Crippen molar-refractivity contribution in [3.05, 3.63) is 70.5 Å². The van der Waals surface area contributed by atoms with Crippen LogP contribution in [-0.2, 0) is 6.42 Å². The first-order chi connectivity index (χ1) is 12.5. The molecule has 0 saturated carbocycles. The Labute approximate surface area is 152 Å². The summed E-state index contributed by atoms with van der Waals surface area (Å²) in [6.07, 6.45) is 2.33. The number of rotatable bonds is 4. The molecule has 5 heteroatoms. The number of aromatic carboxylic acids is 1. The van der Waals surface area contributed by atoms with Crippen LogP contribution >= 0.6 is 0 Å². The maximum absolute atomic E-state index is 13.5. The predicted molar refractivity (Wildman–Crippen MR) is 96.9 cm³/mol. The summed E-state index contributed by atoms with van der Waals surface area (Å²) in [7, 11) is 0. The highest BCUT2D eigenvalue weighted by molar-refractivity contribution is 5.95. The van der Waals surface area contributed by atoms with Crippen molar-refractivity contribution < 1.29 is 19.1 Å². The number of nitrogens with zero attached hydrogens (tertiary/aromatic N) is 1. The van der Waals surface area contributed by atoms with Crippen LogP contribution in [0, 0.1) is 18.7 Å². The molecular weight excluding hydrogens is 333 g/mol. The van der Waals surface area contributed by atoms with Crippen LogP contribution in [-0.4, -0.2) is 35.0 Å². The molecule has 3 rings (SSSR count). The Morgan fingerprint density at radius 1 is 1.12 bits per heavy atom. The molecule has 0 atom stereocenters. The van der Waals surface area contributed by atoms with E-state index in [0.717, 1.165) is 24.0 Å². The number of amides is 1. The van der Waals surface area contributed by atoms with Crippen molar-refractivity contribution in [2.75, 3.05) is 13.1 Å². The van der Waals surface area contributed by atoms with Crippen molar-refractivity contribution in [1.82, 2.24) is 4.90 Å². The number of carbonyl (C=O) groups is 2. The smallest absolute Gasteiger partial charge is 0.335 e. The van der Waals surface area contributed by atoms with Crippen molar-refractivity contribution in [1.29, 1.82) is 0 Å². The third-order valence-electron chi connectivity index (χ3n) is 5.09. The van der Waals surface area contributed by atoms with Crippen molar-refractivity contribution in [3.8, 4) is 0 Å². The monoisotopic (exact) mass is 355 g/mol. The van der Waals surface area contributed by atoms with E-state index in [4.69, 9.17) is 0 Å². The zero-order valence-corrected chi connectivity index (χ0v) is 14.7. The fourth-order valence-electron chi connectivity index (χ4n) is 3.55. The minimum atomic E-state index is -0.908. The molecule has 1 heterocycles. The van der Waals surface area contributed by atoms with Crippen LogP contribution in [0.5, 0.6) is 0 Å². The average Bonchev–Trinajstić information content (AvgIpc) is 2.64. The minimum Gasteiger partial charge on any atom is -0.478 e. The molecule has 136 valence electrons. The van der Waals surface area contributed by atoms with Gasteiger partial charge in [-0.15, -0.1) is 0 Å². The predicted octanol–water partition coefficient (Wildman–Crippen LogP) is 3.93. The highest BCUT2D eigenvalue weighted by atomic mass is 19.1.